The predicted octanol–water partition coefficient (Wildman–Crippen LogP) is 3.50. The Bertz CT molecular complexity index is 1160. The Morgan fingerprint density at radius 1 is 1.10 bits per heavy atom. The topological polar surface area (TPSA) is 71.4 Å². The van der Waals surface area contributed by atoms with Crippen LogP contribution >= 0.6 is 0 Å². The van der Waals surface area contributed by atoms with E-state index in [9.17, 15) is 13.2 Å². The van der Waals surface area contributed by atoms with Crippen molar-refractivity contribution in [2.24, 2.45) is 13.0 Å². The Morgan fingerprint density at radius 3 is 2.52 bits per heavy atom. The quantitative estimate of drug-likeness (QED) is 0.639. The molecule has 1 fully saturated rings. The molecule has 1 saturated heterocycles. The molecule has 0 saturated carbocycles. The predicted molar refractivity (Wildman–Crippen MR) is 122 cm³/mol. The van der Waals surface area contributed by atoms with Crippen LogP contribution in [0.1, 0.15) is 31.2 Å². The standard InChI is InChI=1S/C24H29N3O3S/c1-18(19-6-4-3-5-7-19)17-25-24(28)20-11-14-27(15-12-20)31(29,30)22-8-9-23-21(16-22)10-13-26(23)2/h3-10,13,16,18,20H,11-12,14-15,17H2,1-2H3,(H,25,28)/t18-/m1/s1. The van der Waals surface area contributed by atoms with Crippen LogP contribution in [0.2, 0.25) is 0 Å². The number of carbonyl (C=O) groups excluding carboxylic acids is 1. The van der Waals surface area contributed by atoms with Crippen LogP contribution < -0.4 is 5.32 Å². The molecule has 4 rings (SSSR count). The van der Waals surface area contributed by atoms with Crippen LogP contribution in [0.4, 0.5) is 0 Å². The number of nitrogens with zero attached hydrogens (tertiary/aromatic N) is 2. The highest BCUT2D eigenvalue weighted by Crippen LogP contribution is 2.26. The molecule has 1 atom stereocenters. The third-order valence-corrected chi connectivity index (χ3v) is 8.16. The molecule has 3 aromatic rings. The molecule has 2 heterocycles. The largest absolute Gasteiger partial charge is 0.355 e. The number of carbonyl (C=O) groups is 1. The number of benzene rings is 2. The van der Waals surface area contributed by atoms with Gasteiger partial charge in [-0.1, -0.05) is 37.3 Å². The van der Waals surface area contributed by atoms with Crippen LogP contribution in [0.25, 0.3) is 10.9 Å². The zero-order valence-electron chi connectivity index (χ0n) is 18.0. The highest BCUT2D eigenvalue weighted by Gasteiger charge is 2.32. The normalized spacial score (nSPS) is 17.0. The molecule has 1 aliphatic heterocycles. The monoisotopic (exact) mass is 439 g/mol. The summed E-state index contributed by atoms with van der Waals surface area (Å²) >= 11 is 0. The summed E-state index contributed by atoms with van der Waals surface area (Å²) in [4.78, 5) is 12.9. The fourth-order valence-electron chi connectivity index (χ4n) is 4.23. The van der Waals surface area contributed by atoms with E-state index in [1.807, 2.05) is 48.1 Å². The summed E-state index contributed by atoms with van der Waals surface area (Å²) in [6, 6.07) is 17.3. The van der Waals surface area contributed by atoms with Crippen molar-refractivity contribution in [1.82, 2.24) is 14.2 Å². The molecule has 1 N–H and O–H groups in total. The van der Waals surface area contributed by atoms with Gasteiger partial charge in [-0.05, 0) is 48.6 Å². The first-order chi connectivity index (χ1) is 14.9. The lowest BCUT2D eigenvalue weighted by atomic mass is 9.96. The molecule has 6 nitrogen and oxygen atoms in total. The Labute approximate surface area is 183 Å². The lowest BCUT2D eigenvalue weighted by Gasteiger charge is -2.30. The fourth-order valence-corrected chi connectivity index (χ4v) is 5.73. The number of aromatic nitrogens is 1. The number of amides is 1. The van der Waals surface area contributed by atoms with E-state index in [0.29, 0.717) is 37.4 Å². The van der Waals surface area contributed by atoms with E-state index in [1.165, 1.54) is 9.87 Å². The molecule has 7 heteroatoms. The maximum absolute atomic E-state index is 13.1. The number of piperidine rings is 1. The second kappa shape index (κ2) is 8.85. The summed E-state index contributed by atoms with van der Waals surface area (Å²) in [5.74, 6) is 0.107. The van der Waals surface area contributed by atoms with Crippen LogP contribution in [0, 0.1) is 5.92 Å². The highest BCUT2D eigenvalue weighted by molar-refractivity contribution is 7.89. The molecular weight excluding hydrogens is 410 g/mol. The van der Waals surface area contributed by atoms with E-state index in [0.717, 1.165) is 10.9 Å². The van der Waals surface area contributed by atoms with Crippen LogP contribution in [-0.2, 0) is 21.9 Å². The molecule has 0 unspecified atom stereocenters. The molecule has 31 heavy (non-hydrogen) atoms. The number of nitrogens with one attached hydrogen (secondary N) is 1. The van der Waals surface area contributed by atoms with E-state index in [1.54, 1.807) is 12.1 Å². The summed E-state index contributed by atoms with van der Waals surface area (Å²) in [6.45, 7) is 3.40. The first kappa shape index (κ1) is 21.6. The van der Waals surface area contributed by atoms with E-state index < -0.39 is 10.0 Å². The Morgan fingerprint density at radius 2 is 1.81 bits per heavy atom. The highest BCUT2D eigenvalue weighted by atomic mass is 32.2. The van der Waals surface area contributed by atoms with Crippen molar-refractivity contribution in [2.75, 3.05) is 19.6 Å². The van der Waals surface area contributed by atoms with E-state index in [-0.39, 0.29) is 17.7 Å². The molecule has 0 radical (unpaired) electrons. The first-order valence-corrected chi connectivity index (χ1v) is 12.2. The van der Waals surface area contributed by atoms with Crippen LogP contribution in [0.15, 0.2) is 65.7 Å². The lowest BCUT2D eigenvalue weighted by Crippen LogP contribution is -2.43. The Balaban J connectivity index is 1.34. The number of aryl methyl sites for hydroxylation is 1. The van der Waals surface area contributed by atoms with Gasteiger partial charge in [0.25, 0.3) is 0 Å². The van der Waals surface area contributed by atoms with E-state index in [4.69, 9.17) is 0 Å². The number of rotatable bonds is 6. The van der Waals surface area contributed by atoms with Gasteiger partial charge in [0.1, 0.15) is 0 Å². The molecule has 0 spiro atoms. The minimum Gasteiger partial charge on any atom is -0.355 e. The summed E-state index contributed by atoms with van der Waals surface area (Å²) in [7, 11) is -1.63. The third kappa shape index (κ3) is 4.52. The Hall–Kier alpha value is -2.64. The maximum atomic E-state index is 13.1. The second-order valence-corrected chi connectivity index (χ2v) is 10.3. The molecule has 0 bridgehead atoms. The van der Waals surface area contributed by atoms with Crippen molar-refractivity contribution in [3.63, 3.8) is 0 Å². The minimum absolute atomic E-state index is 0.0190. The first-order valence-electron chi connectivity index (χ1n) is 10.7. The summed E-state index contributed by atoms with van der Waals surface area (Å²) in [5.41, 5.74) is 2.19. The van der Waals surface area contributed by atoms with Crippen molar-refractivity contribution < 1.29 is 13.2 Å². The molecule has 1 aliphatic rings. The number of fused-ring (bicyclic) bond motifs is 1. The molecule has 164 valence electrons. The Kier molecular flexibility index (Phi) is 6.16. The average molecular weight is 440 g/mol. The van der Waals surface area contributed by atoms with E-state index >= 15 is 0 Å². The van der Waals surface area contributed by atoms with Crippen molar-refractivity contribution >= 4 is 26.8 Å². The second-order valence-electron chi connectivity index (χ2n) is 8.38. The molecule has 1 amide bonds. The molecule has 2 aromatic carbocycles. The van der Waals surface area contributed by atoms with Gasteiger partial charge in [0.15, 0.2) is 0 Å². The van der Waals surface area contributed by atoms with E-state index in [2.05, 4.69) is 24.4 Å². The van der Waals surface area contributed by atoms with Gasteiger partial charge >= 0.3 is 0 Å². The smallest absolute Gasteiger partial charge is 0.243 e. The number of sulfonamides is 1. The van der Waals surface area contributed by atoms with Gasteiger partial charge in [0.2, 0.25) is 15.9 Å². The van der Waals surface area contributed by atoms with Crippen LogP contribution in [-0.4, -0.2) is 42.8 Å². The van der Waals surface area contributed by atoms with Gasteiger partial charge < -0.3 is 9.88 Å². The summed E-state index contributed by atoms with van der Waals surface area (Å²) in [6.07, 6.45) is 3.00. The van der Waals surface area contributed by atoms with Gasteiger partial charge in [0, 0.05) is 49.7 Å². The van der Waals surface area contributed by atoms with Crippen molar-refractivity contribution in [3.05, 3.63) is 66.4 Å². The lowest BCUT2D eigenvalue weighted by molar-refractivity contribution is -0.126. The van der Waals surface area contributed by atoms with Gasteiger partial charge in [-0.2, -0.15) is 4.31 Å². The summed E-state index contributed by atoms with van der Waals surface area (Å²) in [5, 5.41) is 3.96. The van der Waals surface area contributed by atoms with Crippen molar-refractivity contribution in [2.45, 2.75) is 30.6 Å². The summed E-state index contributed by atoms with van der Waals surface area (Å²) < 4.78 is 29.7. The maximum Gasteiger partial charge on any atom is 0.243 e. The SMILES string of the molecule is C[C@H](CNC(=O)C1CCN(S(=O)(=O)c2ccc3c(ccn3C)c2)CC1)c1ccccc1. The molecule has 0 aliphatic carbocycles. The fraction of sp³-hybridized carbons (Fsp3) is 0.375. The molecule has 1 aromatic heterocycles. The van der Waals surface area contributed by atoms with Crippen LogP contribution in [0.5, 0.6) is 0 Å². The van der Waals surface area contributed by atoms with Crippen molar-refractivity contribution in [1.29, 1.82) is 0 Å². The number of hydrogen-bond acceptors (Lipinski definition) is 3. The van der Waals surface area contributed by atoms with Gasteiger partial charge in [-0.25, -0.2) is 8.42 Å². The number of hydrogen-bond donors (Lipinski definition) is 1. The third-order valence-electron chi connectivity index (χ3n) is 6.27. The van der Waals surface area contributed by atoms with Gasteiger partial charge in [-0.3, -0.25) is 4.79 Å². The van der Waals surface area contributed by atoms with Crippen LogP contribution in [0.3, 0.4) is 0 Å². The van der Waals surface area contributed by atoms with Gasteiger partial charge in [0.05, 0.1) is 4.90 Å². The molecular formula is C24H29N3O3S. The van der Waals surface area contributed by atoms with Crippen molar-refractivity contribution in [3.8, 4) is 0 Å². The average Bonchev–Trinajstić information content (AvgIpc) is 3.18. The minimum atomic E-state index is -3.56. The zero-order valence-corrected chi connectivity index (χ0v) is 18.8. The van der Waals surface area contributed by atoms with Gasteiger partial charge in [-0.15, -0.1) is 0 Å². The zero-order chi connectivity index (χ0) is 22.0.